The molecular weight excluding hydrogens is 462 g/mol. The van der Waals surface area contributed by atoms with E-state index in [2.05, 4.69) is 9.35 Å². The highest BCUT2D eigenvalue weighted by molar-refractivity contribution is 7.91. The Morgan fingerprint density at radius 1 is 1.35 bits per heavy atom. The van der Waals surface area contributed by atoms with Gasteiger partial charge in [-0.15, -0.1) is 4.36 Å². The maximum absolute atomic E-state index is 14.6. The molecule has 190 valence electrons. The number of aldehydes is 1. The molecule has 2 heterocycles. The molecule has 0 aliphatic carbocycles. The standard InChI is InChI=1S/C23H35N3O7S/c1-16-12-13-19(20(24-16)32-17(2)10-7-8-15-27)34(30,25-22(29)33-23(3,4)5)26-14-9-11-18(26)21(28)31-6/h12-13,15,17-18H,7-11,14H2,1-6H3/t17-,18+,34-/m1/s1. The van der Waals surface area contributed by atoms with Crippen LogP contribution >= 0.6 is 0 Å². The van der Waals surface area contributed by atoms with Crippen molar-refractivity contribution in [1.82, 2.24) is 9.29 Å². The Hall–Kier alpha value is -2.53. The molecule has 34 heavy (non-hydrogen) atoms. The number of aromatic nitrogens is 1. The third-order valence-corrected chi connectivity index (χ3v) is 7.44. The Kier molecular flexibility index (Phi) is 9.57. The van der Waals surface area contributed by atoms with E-state index in [4.69, 9.17) is 14.2 Å². The van der Waals surface area contributed by atoms with Crippen molar-refractivity contribution in [2.24, 2.45) is 4.36 Å². The first-order valence-electron chi connectivity index (χ1n) is 11.3. The minimum absolute atomic E-state index is 0.0615. The van der Waals surface area contributed by atoms with Crippen molar-refractivity contribution in [3.63, 3.8) is 0 Å². The summed E-state index contributed by atoms with van der Waals surface area (Å²) >= 11 is 0. The van der Waals surface area contributed by atoms with Gasteiger partial charge in [0, 0.05) is 18.7 Å². The second-order valence-electron chi connectivity index (χ2n) is 9.17. The number of carbonyl (C=O) groups is 3. The molecule has 1 aliphatic rings. The molecule has 11 heteroatoms. The lowest BCUT2D eigenvalue weighted by Gasteiger charge is -2.27. The summed E-state index contributed by atoms with van der Waals surface area (Å²) in [5.74, 6) is -0.499. The van der Waals surface area contributed by atoms with Crippen molar-refractivity contribution in [2.45, 2.75) is 89.4 Å². The zero-order valence-electron chi connectivity index (χ0n) is 20.7. The number of amides is 1. The van der Waals surface area contributed by atoms with Gasteiger partial charge in [-0.25, -0.2) is 14.0 Å². The van der Waals surface area contributed by atoms with Crippen LogP contribution in [0.3, 0.4) is 0 Å². The number of carbonyl (C=O) groups excluding carboxylic acids is 3. The van der Waals surface area contributed by atoms with Crippen molar-refractivity contribution in [3.8, 4) is 5.88 Å². The average molecular weight is 498 g/mol. The maximum atomic E-state index is 14.6. The lowest BCUT2D eigenvalue weighted by molar-refractivity contribution is -0.144. The van der Waals surface area contributed by atoms with Crippen LogP contribution in [0, 0.1) is 6.92 Å². The Labute approximate surface area is 201 Å². The van der Waals surface area contributed by atoms with Gasteiger partial charge in [0.15, 0.2) is 9.92 Å². The van der Waals surface area contributed by atoms with Crippen molar-refractivity contribution in [2.75, 3.05) is 13.7 Å². The number of hydrogen-bond donors (Lipinski definition) is 0. The Bertz CT molecular complexity index is 1010. The van der Waals surface area contributed by atoms with Gasteiger partial charge in [0.2, 0.25) is 5.88 Å². The predicted molar refractivity (Wildman–Crippen MR) is 126 cm³/mol. The molecule has 0 bridgehead atoms. The van der Waals surface area contributed by atoms with Crippen LogP contribution in [0.1, 0.15) is 65.5 Å². The fourth-order valence-electron chi connectivity index (χ4n) is 3.56. The third kappa shape index (κ3) is 7.23. The van der Waals surface area contributed by atoms with E-state index in [0.29, 0.717) is 37.8 Å². The quantitative estimate of drug-likeness (QED) is 0.286. The minimum atomic E-state index is -3.70. The van der Waals surface area contributed by atoms with Gasteiger partial charge >= 0.3 is 12.1 Å². The summed E-state index contributed by atoms with van der Waals surface area (Å²) in [6.45, 7) is 8.87. The molecule has 0 spiro atoms. The summed E-state index contributed by atoms with van der Waals surface area (Å²) in [6, 6.07) is 2.36. The number of rotatable bonds is 9. The van der Waals surface area contributed by atoms with Crippen LogP contribution in [-0.4, -0.2) is 63.2 Å². The van der Waals surface area contributed by atoms with Crippen molar-refractivity contribution in [1.29, 1.82) is 0 Å². The summed E-state index contributed by atoms with van der Waals surface area (Å²) < 4.78 is 36.2. The molecule has 2 rings (SSSR count). The number of methoxy groups -OCH3 is 1. The fourth-order valence-corrected chi connectivity index (χ4v) is 5.74. The minimum Gasteiger partial charge on any atom is -0.474 e. The maximum Gasteiger partial charge on any atom is 0.443 e. The zero-order chi connectivity index (χ0) is 25.5. The molecule has 1 fully saturated rings. The Balaban J connectivity index is 2.61. The molecule has 0 unspecified atom stereocenters. The van der Waals surface area contributed by atoms with E-state index in [9.17, 15) is 18.6 Å². The topological polar surface area (TPSA) is 124 Å². The number of nitrogens with zero attached hydrogens (tertiary/aromatic N) is 3. The molecule has 0 saturated carbocycles. The molecule has 1 aliphatic heterocycles. The second-order valence-corrected chi connectivity index (χ2v) is 11.3. The molecule has 1 aromatic heterocycles. The number of unbranched alkanes of at least 4 members (excludes halogenated alkanes) is 1. The predicted octanol–water partition coefficient (Wildman–Crippen LogP) is 3.84. The monoisotopic (exact) mass is 497 g/mol. The average Bonchev–Trinajstić information content (AvgIpc) is 3.22. The molecule has 3 atom stereocenters. The van der Waals surface area contributed by atoms with E-state index in [0.717, 1.165) is 6.29 Å². The largest absolute Gasteiger partial charge is 0.474 e. The number of aryl methyl sites for hydroxylation is 1. The number of pyridine rings is 1. The van der Waals surface area contributed by atoms with Crippen LogP contribution < -0.4 is 4.74 Å². The van der Waals surface area contributed by atoms with Gasteiger partial charge in [0.05, 0.1) is 13.2 Å². The SMILES string of the molecule is COC(=O)[C@@H]1CCCN1[S@](=O)(=NC(=O)OC(C)(C)C)c1ccc(C)nc1O[C@H](C)CCCC=O. The van der Waals surface area contributed by atoms with Crippen LogP contribution in [0.2, 0.25) is 0 Å². The number of ether oxygens (including phenoxy) is 3. The first kappa shape index (κ1) is 27.7. The second kappa shape index (κ2) is 11.7. The normalized spacial score (nSPS) is 19.1. The van der Waals surface area contributed by atoms with Gasteiger partial charge < -0.3 is 19.0 Å². The zero-order valence-corrected chi connectivity index (χ0v) is 21.6. The van der Waals surface area contributed by atoms with Crippen molar-refractivity contribution in [3.05, 3.63) is 17.8 Å². The molecule has 1 aromatic rings. The van der Waals surface area contributed by atoms with Crippen LogP contribution in [0.5, 0.6) is 5.88 Å². The van der Waals surface area contributed by atoms with Gasteiger partial charge in [0.1, 0.15) is 22.8 Å². The van der Waals surface area contributed by atoms with Crippen LogP contribution in [0.4, 0.5) is 4.79 Å². The van der Waals surface area contributed by atoms with Crippen molar-refractivity contribution >= 4 is 28.3 Å². The Morgan fingerprint density at radius 3 is 2.68 bits per heavy atom. The van der Waals surface area contributed by atoms with Gasteiger partial charge in [-0.2, -0.15) is 4.31 Å². The highest BCUT2D eigenvalue weighted by atomic mass is 32.2. The highest BCUT2D eigenvalue weighted by Crippen LogP contribution is 2.34. The summed E-state index contributed by atoms with van der Waals surface area (Å²) in [5.41, 5.74) is -0.241. The van der Waals surface area contributed by atoms with Gasteiger partial charge in [0.25, 0.3) is 0 Å². The third-order valence-electron chi connectivity index (χ3n) is 5.08. The van der Waals surface area contributed by atoms with E-state index in [1.165, 1.54) is 11.4 Å². The van der Waals surface area contributed by atoms with E-state index in [1.807, 2.05) is 6.92 Å². The van der Waals surface area contributed by atoms with E-state index < -0.39 is 33.6 Å². The van der Waals surface area contributed by atoms with Gasteiger partial charge in [-0.05, 0) is 72.4 Å². The van der Waals surface area contributed by atoms with E-state index in [1.54, 1.807) is 39.8 Å². The van der Waals surface area contributed by atoms with Crippen LogP contribution in [-0.2, 0) is 29.0 Å². The van der Waals surface area contributed by atoms with Crippen molar-refractivity contribution < 1.29 is 32.8 Å². The molecule has 0 N–H and O–H groups in total. The van der Waals surface area contributed by atoms with E-state index in [-0.39, 0.29) is 23.4 Å². The fraction of sp³-hybridized carbons (Fsp3) is 0.652. The molecule has 10 nitrogen and oxygen atoms in total. The first-order chi connectivity index (χ1) is 15.9. The Morgan fingerprint density at radius 2 is 2.06 bits per heavy atom. The molecule has 1 amide bonds. The van der Waals surface area contributed by atoms with Crippen LogP contribution in [0.25, 0.3) is 0 Å². The molecule has 0 aromatic carbocycles. The molecule has 0 radical (unpaired) electrons. The van der Waals surface area contributed by atoms with E-state index >= 15 is 0 Å². The molecule has 1 saturated heterocycles. The summed E-state index contributed by atoms with van der Waals surface area (Å²) in [6.07, 6.45) is 2.07. The summed E-state index contributed by atoms with van der Waals surface area (Å²) in [7, 11) is -2.44. The first-order valence-corrected chi connectivity index (χ1v) is 12.8. The highest BCUT2D eigenvalue weighted by Gasteiger charge is 2.41. The summed E-state index contributed by atoms with van der Waals surface area (Å²) in [4.78, 5) is 40.3. The smallest absolute Gasteiger partial charge is 0.443 e. The summed E-state index contributed by atoms with van der Waals surface area (Å²) in [5, 5.41) is 0. The molecular formula is C23H35N3O7S. The van der Waals surface area contributed by atoms with Gasteiger partial charge in [-0.1, -0.05) is 0 Å². The lowest BCUT2D eigenvalue weighted by Crippen LogP contribution is -2.41. The van der Waals surface area contributed by atoms with Crippen LogP contribution in [0.15, 0.2) is 21.4 Å². The lowest BCUT2D eigenvalue weighted by atomic mass is 10.2. The van der Waals surface area contributed by atoms with Gasteiger partial charge in [-0.3, -0.25) is 4.79 Å². The number of esters is 1. The number of hydrogen-bond acceptors (Lipinski definition) is 8.